The minimum atomic E-state index is 0.00952. The number of amides is 1. The summed E-state index contributed by atoms with van der Waals surface area (Å²) in [5.74, 6) is 1.19. The molecule has 2 aromatic carbocycles. The van der Waals surface area contributed by atoms with Crippen molar-refractivity contribution in [3.8, 4) is 5.75 Å². The van der Waals surface area contributed by atoms with Crippen LogP contribution in [-0.2, 0) is 11.3 Å². The van der Waals surface area contributed by atoms with Crippen molar-refractivity contribution >= 4 is 33.6 Å². The van der Waals surface area contributed by atoms with E-state index in [2.05, 4.69) is 21.2 Å². The lowest BCUT2D eigenvalue weighted by molar-refractivity contribution is -0.118. The minimum Gasteiger partial charge on any atom is -0.496 e. The first kappa shape index (κ1) is 16.9. The molecule has 0 saturated carbocycles. The minimum absolute atomic E-state index is 0.00952. The van der Waals surface area contributed by atoms with E-state index in [1.54, 1.807) is 18.9 Å². The Kier molecular flexibility index (Phi) is 6.34. The molecule has 0 aliphatic carbocycles. The molecule has 0 aromatic heterocycles. The van der Waals surface area contributed by atoms with E-state index in [9.17, 15) is 4.79 Å². The number of methoxy groups -OCH3 is 1. The summed E-state index contributed by atoms with van der Waals surface area (Å²) in [6, 6.07) is 13.8. The predicted octanol–water partition coefficient (Wildman–Crippen LogP) is 4.17. The van der Waals surface area contributed by atoms with Gasteiger partial charge < -0.3 is 10.1 Å². The highest BCUT2D eigenvalue weighted by atomic mass is 79.9. The first-order chi connectivity index (χ1) is 10.6. The molecular weight excluding hydrogens is 362 g/mol. The SMILES string of the molecule is COc1ccc(Br)cc1CNC(=O)CSc1ccccc1C. The molecule has 0 radical (unpaired) electrons. The van der Waals surface area contributed by atoms with E-state index < -0.39 is 0 Å². The van der Waals surface area contributed by atoms with E-state index >= 15 is 0 Å². The monoisotopic (exact) mass is 379 g/mol. The molecular formula is C17H18BrNO2S. The summed E-state index contributed by atoms with van der Waals surface area (Å²) in [7, 11) is 1.63. The van der Waals surface area contributed by atoms with Crippen LogP contribution in [0.25, 0.3) is 0 Å². The molecule has 1 amide bonds. The van der Waals surface area contributed by atoms with E-state index in [0.29, 0.717) is 12.3 Å². The van der Waals surface area contributed by atoms with Gasteiger partial charge in [-0.3, -0.25) is 4.79 Å². The molecule has 0 aliphatic rings. The summed E-state index contributed by atoms with van der Waals surface area (Å²) in [6.45, 7) is 2.50. The molecule has 22 heavy (non-hydrogen) atoms. The molecule has 0 atom stereocenters. The van der Waals surface area contributed by atoms with Crippen LogP contribution in [0, 0.1) is 6.92 Å². The lowest BCUT2D eigenvalue weighted by Gasteiger charge is -2.10. The summed E-state index contributed by atoms with van der Waals surface area (Å²) in [4.78, 5) is 13.1. The predicted molar refractivity (Wildman–Crippen MR) is 94.4 cm³/mol. The zero-order valence-corrected chi connectivity index (χ0v) is 15.0. The van der Waals surface area contributed by atoms with E-state index in [1.165, 1.54) is 5.56 Å². The first-order valence-electron chi connectivity index (χ1n) is 6.87. The van der Waals surface area contributed by atoms with Crippen LogP contribution in [0.4, 0.5) is 0 Å². The van der Waals surface area contributed by atoms with Crippen molar-refractivity contribution in [1.29, 1.82) is 0 Å². The quantitative estimate of drug-likeness (QED) is 0.765. The number of halogens is 1. The average molecular weight is 380 g/mol. The second-order valence-electron chi connectivity index (χ2n) is 4.79. The van der Waals surface area contributed by atoms with Gasteiger partial charge in [-0.2, -0.15) is 0 Å². The number of carbonyl (C=O) groups excluding carboxylic acids is 1. The van der Waals surface area contributed by atoms with Crippen LogP contribution >= 0.6 is 27.7 Å². The second kappa shape index (κ2) is 8.25. The van der Waals surface area contributed by atoms with Gasteiger partial charge in [-0.05, 0) is 36.8 Å². The Hall–Kier alpha value is -1.46. The number of nitrogens with one attached hydrogen (secondary N) is 1. The van der Waals surface area contributed by atoms with Crippen molar-refractivity contribution in [1.82, 2.24) is 5.32 Å². The summed E-state index contributed by atoms with van der Waals surface area (Å²) in [6.07, 6.45) is 0. The van der Waals surface area contributed by atoms with Crippen molar-refractivity contribution in [3.63, 3.8) is 0 Å². The fraction of sp³-hybridized carbons (Fsp3) is 0.235. The molecule has 0 bridgehead atoms. The van der Waals surface area contributed by atoms with E-state index in [-0.39, 0.29) is 5.91 Å². The van der Waals surface area contributed by atoms with E-state index in [4.69, 9.17) is 4.74 Å². The number of hydrogen-bond donors (Lipinski definition) is 1. The van der Waals surface area contributed by atoms with Gasteiger partial charge in [-0.15, -0.1) is 11.8 Å². The Morgan fingerprint density at radius 2 is 2.05 bits per heavy atom. The van der Waals surface area contributed by atoms with Crippen molar-refractivity contribution in [2.24, 2.45) is 0 Å². The maximum atomic E-state index is 12.0. The largest absolute Gasteiger partial charge is 0.496 e. The topological polar surface area (TPSA) is 38.3 Å². The maximum Gasteiger partial charge on any atom is 0.230 e. The third-order valence-corrected chi connectivity index (χ3v) is 4.84. The molecule has 0 spiro atoms. The van der Waals surface area contributed by atoms with Crippen molar-refractivity contribution in [3.05, 3.63) is 58.1 Å². The number of aryl methyl sites for hydroxylation is 1. The van der Waals surface area contributed by atoms with Gasteiger partial charge in [0, 0.05) is 21.5 Å². The molecule has 116 valence electrons. The van der Waals surface area contributed by atoms with Crippen molar-refractivity contribution in [2.75, 3.05) is 12.9 Å². The lowest BCUT2D eigenvalue weighted by atomic mass is 10.2. The van der Waals surface area contributed by atoms with Crippen LogP contribution in [-0.4, -0.2) is 18.8 Å². The van der Waals surface area contributed by atoms with Gasteiger partial charge in [0.2, 0.25) is 5.91 Å². The molecule has 3 nitrogen and oxygen atoms in total. The van der Waals surface area contributed by atoms with Gasteiger partial charge in [0.05, 0.1) is 12.9 Å². The smallest absolute Gasteiger partial charge is 0.230 e. The number of benzene rings is 2. The molecule has 0 heterocycles. The van der Waals surface area contributed by atoms with Crippen molar-refractivity contribution < 1.29 is 9.53 Å². The fourth-order valence-electron chi connectivity index (χ4n) is 1.99. The Balaban J connectivity index is 1.88. The molecule has 0 fully saturated rings. The van der Waals surface area contributed by atoms with Gasteiger partial charge >= 0.3 is 0 Å². The Morgan fingerprint density at radius 1 is 1.27 bits per heavy atom. The van der Waals surface area contributed by atoms with Crippen LogP contribution in [0.1, 0.15) is 11.1 Å². The van der Waals surface area contributed by atoms with E-state index in [0.717, 1.165) is 20.7 Å². The van der Waals surface area contributed by atoms with Gasteiger partial charge in [-0.25, -0.2) is 0 Å². The third kappa shape index (κ3) is 4.78. The fourth-order valence-corrected chi connectivity index (χ4v) is 3.26. The Morgan fingerprint density at radius 3 is 2.77 bits per heavy atom. The third-order valence-electron chi connectivity index (χ3n) is 3.17. The molecule has 0 saturated heterocycles. The highest BCUT2D eigenvalue weighted by molar-refractivity contribution is 9.10. The van der Waals surface area contributed by atoms with Gasteiger partial charge in [0.1, 0.15) is 5.75 Å². The summed E-state index contributed by atoms with van der Waals surface area (Å²) in [5.41, 5.74) is 2.14. The second-order valence-corrected chi connectivity index (χ2v) is 6.72. The van der Waals surface area contributed by atoms with Crippen LogP contribution in [0.15, 0.2) is 51.8 Å². The van der Waals surface area contributed by atoms with E-state index in [1.807, 2.05) is 49.4 Å². The van der Waals surface area contributed by atoms with Crippen LogP contribution in [0.2, 0.25) is 0 Å². The highest BCUT2D eigenvalue weighted by Crippen LogP contribution is 2.23. The number of hydrogen-bond acceptors (Lipinski definition) is 3. The summed E-state index contributed by atoms with van der Waals surface area (Å²) in [5, 5.41) is 2.93. The number of rotatable bonds is 6. The molecule has 0 aliphatic heterocycles. The maximum absolute atomic E-state index is 12.0. The number of thioether (sulfide) groups is 1. The Bertz CT molecular complexity index is 661. The average Bonchev–Trinajstić information content (AvgIpc) is 2.52. The summed E-state index contributed by atoms with van der Waals surface area (Å²) >= 11 is 4.98. The standard InChI is InChI=1S/C17H18BrNO2S/c1-12-5-3-4-6-16(12)22-11-17(20)19-10-13-9-14(18)7-8-15(13)21-2/h3-9H,10-11H2,1-2H3,(H,19,20). The number of ether oxygens (including phenoxy) is 1. The molecule has 0 unspecified atom stereocenters. The molecule has 2 rings (SSSR count). The zero-order chi connectivity index (χ0) is 15.9. The Labute approximate surface area is 143 Å². The molecule has 5 heteroatoms. The highest BCUT2D eigenvalue weighted by Gasteiger charge is 2.07. The van der Waals surface area contributed by atoms with Crippen LogP contribution < -0.4 is 10.1 Å². The zero-order valence-electron chi connectivity index (χ0n) is 12.6. The number of carbonyl (C=O) groups is 1. The van der Waals surface area contributed by atoms with Crippen molar-refractivity contribution in [2.45, 2.75) is 18.4 Å². The van der Waals surface area contributed by atoms with Gasteiger partial charge in [0.15, 0.2) is 0 Å². The first-order valence-corrected chi connectivity index (χ1v) is 8.65. The van der Waals surface area contributed by atoms with Gasteiger partial charge in [0.25, 0.3) is 0 Å². The lowest BCUT2D eigenvalue weighted by Crippen LogP contribution is -2.24. The van der Waals surface area contributed by atoms with Crippen LogP contribution in [0.5, 0.6) is 5.75 Å². The normalized spacial score (nSPS) is 10.3. The molecule has 2 aromatic rings. The van der Waals surface area contributed by atoms with Gasteiger partial charge in [-0.1, -0.05) is 34.1 Å². The summed E-state index contributed by atoms with van der Waals surface area (Å²) < 4.78 is 6.26. The van der Waals surface area contributed by atoms with Crippen LogP contribution in [0.3, 0.4) is 0 Å². The molecule has 1 N–H and O–H groups in total.